The van der Waals surface area contributed by atoms with Crippen molar-refractivity contribution in [2.75, 3.05) is 12.3 Å². The highest BCUT2D eigenvalue weighted by Crippen LogP contribution is 2.26. The maximum atomic E-state index is 5.82. The average molecular weight is 323 g/mol. The molecule has 94 valence electrons. The molecule has 0 spiro atoms. The predicted octanol–water partition coefficient (Wildman–Crippen LogP) is 3.65. The summed E-state index contributed by atoms with van der Waals surface area (Å²) in [7, 11) is 0. The average Bonchev–Trinajstić information content (AvgIpc) is 2.92. The van der Waals surface area contributed by atoms with Crippen molar-refractivity contribution in [3.63, 3.8) is 0 Å². The molecule has 2 nitrogen and oxygen atoms in total. The van der Waals surface area contributed by atoms with Gasteiger partial charge in [0.15, 0.2) is 0 Å². The first-order valence-corrected chi connectivity index (χ1v) is 7.65. The van der Waals surface area contributed by atoms with Crippen molar-refractivity contribution >= 4 is 33.0 Å². The van der Waals surface area contributed by atoms with E-state index in [-0.39, 0.29) is 0 Å². The minimum Gasteiger partial charge on any atom is -0.399 e. The van der Waals surface area contributed by atoms with E-state index in [1.54, 1.807) is 0 Å². The van der Waals surface area contributed by atoms with Crippen LogP contribution in [0.4, 0.5) is 5.69 Å². The quantitative estimate of drug-likeness (QED) is 0.874. The zero-order valence-corrected chi connectivity index (χ0v) is 12.4. The van der Waals surface area contributed by atoms with Crippen LogP contribution in [0.2, 0.25) is 0 Å². The summed E-state index contributed by atoms with van der Waals surface area (Å²) in [5.41, 5.74) is 9.51. The van der Waals surface area contributed by atoms with Gasteiger partial charge in [-0.1, -0.05) is 6.07 Å². The van der Waals surface area contributed by atoms with E-state index >= 15 is 0 Å². The third-order valence-corrected chi connectivity index (χ3v) is 5.00. The van der Waals surface area contributed by atoms with Gasteiger partial charge < -0.3 is 5.73 Å². The summed E-state index contributed by atoms with van der Waals surface area (Å²) >= 11 is 5.34. The monoisotopic (exact) mass is 322 g/mol. The lowest BCUT2D eigenvalue weighted by Crippen LogP contribution is -2.19. The van der Waals surface area contributed by atoms with E-state index in [0.717, 1.165) is 31.7 Å². The molecule has 1 aromatic carbocycles. The van der Waals surface area contributed by atoms with E-state index in [4.69, 9.17) is 5.73 Å². The maximum Gasteiger partial charge on any atom is 0.0701 e. The third-order valence-electron chi connectivity index (χ3n) is 3.32. The van der Waals surface area contributed by atoms with E-state index in [0.29, 0.717) is 0 Å². The van der Waals surface area contributed by atoms with Crippen LogP contribution in [0.5, 0.6) is 0 Å². The molecule has 2 heterocycles. The second-order valence-corrected chi connectivity index (χ2v) is 7.24. The van der Waals surface area contributed by atoms with Crippen molar-refractivity contribution in [3.05, 3.63) is 50.1 Å². The Morgan fingerprint density at radius 2 is 2.00 bits per heavy atom. The van der Waals surface area contributed by atoms with Gasteiger partial charge in [0.05, 0.1) is 3.79 Å². The largest absolute Gasteiger partial charge is 0.399 e. The smallest absolute Gasteiger partial charge is 0.0701 e. The Bertz CT molecular complexity index is 565. The second-order valence-electron chi connectivity index (χ2n) is 4.69. The van der Waals surface area contributed by atoms with E-state index in [2.05, 4.69) is 45.1 Å². The normalized spacial score (nSPS) is 14.9. The van der Waals surface area contributed by atoms with Crippen LogP contribution in [0.3, 0.4) is 0 Å². The lowest BCUT2D eigenvalue weighted by molar-refractivity contribution is 0.289. The zero-order chi connectivity index (χ0) is 12.5. The van der Waals surface area contributed by atoms with Crippen LogP contribution in [0.1, 0.15) is 16.0 Å². The molecular formula is C14H15BrN2S. The fourth-order valence-corrected chi connectivity index (χ4v) is 3.87. The molecule has 0 saturated carbocycles. The van der Waals surface area contributed by atoms with Gasteiger partial charge in [-0.3, -0.25) is 4.90 Å². The van der Waals surface area contributed by atoms with Crippen LogP contribution >= 0.6 is 27.3 Å². The van der Waals surface area contributed by atoms with Crippen molar-refractivity contribution in [2.24, 2.45) is 0 Å². The number of halogens is 1. The van der Waals surface area contributed by atoms with Crippen molar-refractivity contribution in [1.29, 1.82) is 0 Å². The molecule has 3 rings (SSSR count). The Hall–Kier alpha value is -0.840. The van der Waals surface area contributed by atoms with Gasteiger partial charge in [0.25, 0.3) is 0 Å². The molecule has 4 heteroatoms. The van der Waals surface area contributed by atoms with E-state index in [9.17, 15) is 0 Å². The van der Waals surface area contributed by atoms with Gasteiger partial charge in [-0.15, -0.1) is 11.3 Å². The number of nitrogen functional groups attached to an aromatic ring is 1. The molecule has 0 saturated heterocycles. The summed E-state index contributed by atoms with van der Waals surface area (Å²) in [4.78, 5) is 3.93. The van der Waals surface area contributed by atoms with E-state index in [1.807, 2.05) is 17.4 Å². The minimum absolute atomic E-state index is 0.873. The molecule has 0 radical (unpaired) electrons. The molecule has 1 aromatic heterocycles. The summed E-state index contributed by atoms with van der Waals surface area (Å²) in [5.74, 6) is 0. The molecule has 0 atom stereocenters. The summed E-state index contributed by atoms with van der Waals surface area (Å²) in [6.45, 7) is 3.20. The van der Waals surface area contributed by atoms with Crippen LogP contribution in [0.15, 0.2) is 34.1 Å². The van der Waals surface area contributed by atoms with Crippen molar-refractivity contribution in [3.8, 4) is 0 Å². The van der Waals surface area contributed by atoms with Crippen LogP contribution in [0, 0.1) is 0 Å². The highest BCUT2D eigenvalue weighted by Gasteiger charge is 2.18. The molecular weight excluding hydrogens is 308 g/mol. The van der Waals surface area contributed by atoms with Gasteiger partial charge in [0, 0.05) is 30.2 Å². The Kier molecular flexibility index (Phi) is 3.41. The number of fused-ring (bicyclic) bond motifs is 1. The fraction of sp³-hybridized carbons (Fsp3) is 0.286. The Balaban J connectivity index is 1.61. The topological polar surface area (TPSA) is 29.3 Å². The Labute approximate surface area is 120 Å². The minimum atomic E-state index is 0.873. The maximum absolute atomic E-state index is 5.82. The standard InChI is InChI=1S/C14H15BrN2S/c15-14-4-3-13(18-14)5-6-17-8-10-1-2-12(16)7-11(10)9-17/h1-4,7H,5-6,8-9,16H2. The molecule has 2 aromatic rings. The summed E-state index contributed by atoms with van der Waals surface area (Å²) < 4.78 is 1.22. The number of thiophene rings is 1. The summed E-state index contributed by atoms with van der Waals surface area (Å²) in [6.07, 6.45) is 1.12. The molecule has 0 bridgehead atoms. The van der Waals surface area contributed by atoms with Crippen LogP contribution in [-0.4, -0.2) is 11.4 Å². The molecule has 0 amide bonds. The van der Waals surface area contributed by atoms with Gasteiger partial charge in [0.1, 0.15) is 0 Å². The van der Waals surface area contributed by atoms with Gasteiger partial charge >= 0.3 is 0 Å². The SMILES string of the molecule is Nc1ccc2c(c1)CN(CCc1ccc(Br)s1)C2. The highest BCUT2D eigenvalue weighted by molar-refractivity contribution is 9.11. The first-order chi connectivity index (χ1) is 8.70. The van der Waals surface area contributed by atoms with Crippen LogP contribution in [0.25, 0.3) is 0 Å². The van der Waals surface area contributed by atoms with E-state index < -0.39 is 0 Å². The van der Waals surface area contributed by atoms with Crippen molar-refractivity contribution in [1.82, 2.24) is 4.90 Å². The number of hydrogen-bond donors (Lipinski definition) is 1. The van der Waals surface area contributed by atoms with Crippen molar-refractivity contribution < 1.29 is 0 Å². The van der Waals surface area contributed by atoms with Gasteiger partial charge in [-0.2, -0.15) is 0 Å². The number of anilines is 1. The molecule has 18 heavy (non-hydrogen) atoms. The zero-order valence-electron chi connectivity index (χ0n) is 10.0. The second kappa shape index (κ2) is 5.03. The number of benzene rings is 1. The molecule has 0 fully saturated rings. The Morgan fingerprint density at radius 1 is 1.17 bits per heavy atom. The van der Waals surface area contributed by atoms with Gasteiger partial charge in [-0.05, 0) is 57.7 Å². The van der Waals surface area contributed by atoms with Crippen molar-refractivity contribution in [2.45, 2.75) is 19.5 Å². The van der Waals surface area contributed by atoms with E-state index in [1.165, 1.54) is 19.8 Å². The molecule has 1 aliphatic rings. The number of nitrogens with two attached hydrogens (primary N) is 1. The number of hydrogen-bond acceptors (Lipinski definition) is 3. The lowest BCUT2D eigenvalue weighted by Gasteiger charge is -2.13. The highest BCUT2D eigenvalue weighted by atomic mass is 79.9. The van der Waals surface area contributed by atoms with Crippen LogP contribution < -0.4 is 5.73 Å². The van der Waals surface area contributed by atoms with Crippen LogP contribution in [-0.2, 0) is 19.5 Å². The predicted molar refractivity (Wildman–Crippen MR) is 80.7 cm³/mol. The first kappa shape index (κ1) is 12.2. The fourth-order valence-electron chi connectivity index (χ4n) is 2.40. The third kappa shape index (κ3) is 2.60. The Morgan fingerprint density at radius 3 is 2.78 bits per heavy atom. The molecule has 0 aliphatic carbocycles. The molecule has 2 N–H and O–H groups in total. The lowest BCUT2D eigenvalue weighted by atomic mass is 10.1. The first-order valence-electron chi connectivity index (χ1n) is 6.04. The van der Waals surface area contributed by atoms with Gasteiger partial charge in [0.2, 0.25) is 0 Å². The molecule has 1 aliphatic heterocycles. The van der Waals surface area contributed by atoms with Gasteiger partial charge in [-0.25, -0.2) is 0 Å². The number of nitrogens with zero attached hydrogens (tertiary/aromatic N) is 1. The number of rotatable bonds is 3. The summed E-state index contributed by atoms with van der Waals surface area (Å²) in [6, 6.07) is 10.6. The molecule has 0 unspecified atom stereocenters. The summed E-state index contributed by atoms with van der Waals surface area (Å²) in [5, 5.41) is 0.